The van der Waals surface area contributed by atoms with E-state index in [0.29, 0.717) is 23.9 Å². The zero-order valence-electron chi connectivity index (χ0n) is 33.7. The van der Waals surface area contributed by atoms with E-state index in [2.05, 4.69) is 61.6 Å². The average Bonchev–Trinajstić information content (AvgIpc) is 3.10. The molecule has 0 aliphatic rings. The third-order valence-electron chi connectivity index (χ3n) is 8.07. The zero-order valence-corrected chi connectivity index (χ0v) is 34.6. The molecule has 0 saturated carbocycles. The quantitative estimate of drug-likeness (QED) is 0.0210. The average molecular weight is 769 g/mol. The van der Waals surface area contributed by atoms with Gasteiger partial charge in [-0.1, -0.05) is 106 Å². The normalized spacial score (nSPS) is 14.3. The van der Waals surface area contributed by atoms with Crippen LogP contribution in [0.25, 0.3) is 0 Å². The first-order chi connectivity index (χ1) is 25.5. The summed E-state index contributed by atoms with van der Waals surface area (Å²) in [5, 5.41) is 8.79. The van der Waals surface area contributed by atoms with Crippen LogP contribution in [-0.4, -0.2) is 86.6 Å². The third-order valence-corrected chi connectivity index (χ3v) is 9.06. The van der Waals surface area contributed by atoms with E-state index in [1.165, 1.54) is 12.8 Å². The molecule has 0 aromatic carbocycles. The summed E-state index contributed by atoms with van der Waals surface area (Å²) < 4.78 is 34.1. The van der Waals surface area contributed by atoms with Crippen LogP contribution in [0, 0.1) is 0 Å². The van der Waals surface area contributed by atoms with Crippen LogP contribution in [0.2, 0.25) is 0 Å². The van der Waals surface area contributed by atoms with Crippen LogP contribution in [0.5, 0.6) is 0 Å². The van der Waals surface area contributed by atoms with E-state index in [9.17, 15) is 19.0 Å². The van der Waals surface area contributed by atoms with Crippen molar-refractivity contribution in [1.82, 2.24) is 0 Å². The highest BCUT2D eigenvalue weighted by Gasteiger charge is 2.27. The van der Waals surface area contributed by atoms with Gasteiger partial charge in [0, 0.05) is 19.4 Å². The first kappa shape index (κ1) is 50.7. The van der Waals surface area contributed by atoms with E-state index in [1.54, 1.807) is 0 Å². The smallest absolute Gasteiger partial charge is 0.462 e. The number of nitrogens with zero attached hydrogens (tertiary/aromatic N) is 1. The molecule has 0 spiro atoms. The topological polar surface area (TPSA) is 129 Å². The molecular weight excluding hydrogens is 693 g/mol. The number of aliphatic hydroxyl groups is 1. The van der Waals surface area contributed by atoms with Crippen LogP contribution in [0.4, 0.5) is 0 Å². The van der Waals surface area contributed by atoms with Crippen LogP contribution in [0.1, 0.15) is 135 Å². The lowest BCUT2D eigenvalue weighted by Crippen LogP contribution is -2.37. The van der Waals surface area contributed by atoms with E-state index in [1.807, 2.05) is 27.2 Å². The predicted octanol–water partition coefficient (Wildman–Crippen LogP) is 9.88. The Balaban J connectivity index is 4.49. The summed E-state index contributed by atoms with van der Waals surface area (Å²) in [4.78, 5) is 35.2. The number of carbonyl (C=O) groups is 2. The first-order valence-corrected chi connectivity index (χ1v) is 21.6. The van der Waals surface area contributed by atoms with Gasteiger partial charge in [0.1, 0.15) is 19.8 Å². The van der Waals surface area contributed by atoms with E-state index >= 15 is 0 Å². The molecule has 0 aromatic rings. The lowest BCUT2D eigenvalue weighted by molar-refractivity contribution is -0.870. The van der Waals surface area contributed by atoms with Crippen LogP contribution in [0.3, 0.4) is 0 Å². The number of hydrogen-bond acceptors (Lipinski definition) is 8. The summed E-state index contributed by atoms with van der Waals surface area (Å²) in [7, 11) is 1.41. The van der Waals surface area contributed by atoms with Gasteiger partial charge >= 0.3 is 19.8 Å². The maximum absolute atomic E-state index is 12.6. The van der Waals surface area contributed by atoms with Crippen molar-refractivity contribution >= 4 is 19.8 Å². The zero-order chi connectivity index (χ0) is 39.3. The van der Waals surface area contributed by atoms with Crippen molar-refractivity contribution in [3.8, 4) is 0 Å². The molecule has 2 atom stereocenters. The molecule has 0 amide bonds. The molecule has 0 radical (unpaired) electrons. The number of hydrogen-bond donors (Lipinski definition) is 2. The monoisotopic (exact) mass is 769 g/mol. The number of esters is 2. The van der Waals surface area contributed by atoms with Crippen LogP contribution in [0.15, 0.2) is 60.8 Å². The maximum Gasteiger partial charge on any atom is 0.472 e. The van der Waals surface area contributed by atoms with Gasteiger partial charge < -0.3 is 24.0 Å². The Morgan fingerprint density at radius 1 is 0.623 bits per heavy atom. The van der Waals surface area contributed by atoms with Crippen molar-refractivity contribution < 1.29 is 47.2 Å². The van der Waals surface area contributed by atoms with E-state index < -0.39 is 32.5 Å². The number of rotatable bonds is 36. The van der Waals surface area contributed by atoms with Crippen LogP contribution >= 0.6 is 7.82 Å². The third kappa shape index (κ3) is 39.2. The highest BCUT2D eigenvalue weighted by atomic mass is 31.2. The Kier molecular flexibility index (Phi) is 33.8. The fraction of sp³-hybridized carbons (Fsp3) is 0.714. The van der Waals surface area contributed by atoms with Gasteiger partial charge in [-0.2, -0.15) is 0 Å². The van der Waals surface area contributed by atoms with Gasteiger partial charge in [0.25, 0.3) is 0 Å². The molecule has 10 nitrogen and oxygen atoms in total. The highest BCUT2D eigenvalue weighted by molar-refractivity contribution is 7.47. The number of unbranched alkanes of at least 4 members (excludes halogenated alkanes) is 11. The molecule has 0 aromatic heterocycles. The molecule has 0 rings (SSSR count). The van der Waals surface area contributed by atoms with Crippen molar-refractivity contribution in [3.63, 3.8) is 0 Å². The molecule has 306 valence electrons. The SMILES string of the molecule is CCCC/C=C\CCCCCCCC(=O)O[C@H](COC(=O)CCC/C=C\C/C=C\C/C=C\C/C=C\CCCCCO)COP(=O)(O)OCC[N+](C)(C)C. The van der Waals surface area contributed by atoms with Crippen molar-refractivity contribution in [2.45, 2.75) is 141 Å². The lowest BCUT2D eigenvalue weighted by atomic mass is 10.1. The Morgan fingerprint density at radius 3 is 1.70 bits per heavy atom. The van der Waals surface area contributed by atoms with Crippen molar-refractivity contribution in [2.24, 2.45) is 0 Å². The minimum Gasteiger partial charge on any atom is -0.462 e. The van der Waals surface area contributed by atoms with Gasteiger partial charge in [-0.15, -0.1) is 0 Å². The standard InChI is InChI=1S/C42H74NO9P/c1-5-6-7-8-9-10-18-22-25-28-31-34-42(46)52-40(39-51-53(47,48)50-37-35-43(2,3)4)38-49-41(45)33-30-27-24-21-19-16-14-12-11-13-15-17-20-23-26-29-32-36-44/h8-9,11,13-14,16-17,20-21,24,40,44H,5-7,10,12,15,18-19,22-23,25-39H2,1-4H3/p+1/b9-8-,13-11-,16-14-,20-17-,24-21-/t40-/m1/s1. The number of aliphatic hydroxyl groups excluding tert-OH is 1. The van der Waals surface area contributed by atoms with Crippen molar-refractivity contribution in [3.05, 3.63) is 60.8 Å². The fourth-order valence-electron chi connectivity index (χ4n) is 4.85. The summed E-state index contributed by atoms with van der Waals surface area (Å²) in [5.74, 6) is -0.897. The summed E-state index contributed by atoms with van der Waals surface area (Å²) in [6.07, 6.45) is 38.6. The molecule has 0 aliphatic carbocycles. The molecule has 53 heavy (non-hydrogen) atoms. The maximum atomic E-state index is 12.6. The molecule has 0 bridgehead atoms. The summed E-state index contributed by atoms with van der Waals surface area (Å²) in [5.41, 5.74) is 0. The Labute approximate surface area is 322 Å². The van der Waals surface area contributed by atoms with Gasteiger partial charge in [-0.05, 0) is 77.0 Å². The second-order valence-electron chi connectivity index (χ2n) is 14.4. The van der Waals surface area contributed by atoms with E-state index in [-0.39, 0.29) is 32.7 Å². The lowest BCUT2D eigenvalue weighted by Gasteiger charge is -2.24. The van der Waals surface area contributed by atoms with Gasteiger partial charge in [-0.3, -0.25) is 18.6 Å². The molecule has 1 unspecified atom stereocenters. The molecule has 11 heteroatoms. The van der Waals surface area contributed by atoms with E-state index in [0.717, 1.165) is 89.9 Å². The Hall–Kier alpha value is -2.33. The second-order valence-corrected chi connectivity index (χ2v) is 15.8. The fourth-order valence-corrected chi connectivity index (χ4v) is 5.59. The van der Waals surface area contributed by atoms with E-state index in [4.69, 9.17) is 23.6 Å². The van der Waals surface area contributed by atoms with Crippen molar-refractivity contribution in [2.75, 3.05) is 54.1 Å². The summed E-state index contributed by atoms with van der Waals surface area (Å²) >= 11 is 0. The predicted molar refractivity (Wildman–Crippen MR) is 216 cm³/mol. The highest BCUT2D eigenvalue weighted by Crippen LogP contribution is 2.43. The second kappa shape index (κ2) is 35.4. The number of carbonyl (C=O) groups excluding carboxylic acids is 2. The van der Waals surface area contributed by atoms with Crippen LogP contribution < -0.4 is 0 Å². The number of likely N-dealkylation sites (N-methyl/N-ethyl adjacent to an activating group) is 1. The minimum atomic E-state index is -4.39. The van der Waals surface area contributed by atoms with Gasteiger partial charge in [0.2, 0.25) is 0 Å². The largest absolute Gasteiger partial charge is 0.472 e. The van der Waals surface area contributed by atoms with Gasteiger partial charge in [0.05, 0.1) is 27.7 Å². The summed E-state index contributed by atoms with van der Waals surface area (Å²) in [6, 6.07) is 0. The first-order valence-electron chi connectivity index (χ1n) is 20.1. The Bertz CT molecular complexity index is 1090. The molecule has 0 aliphatic heterocycles. The number of ether oxygens (including phenoxy) is 2. The Morgan fingerprint density at radius 2 is 1.11 bits per heavy atom. The molecular formula is C42H75NO9P+. The molecule has 0 heterocycles. The van der Waals surface area contributed by atoms with Gasteiger partial charge in [0.15, 0.2) is 6.10 Å². The van der Waals surface area contributed by atoms with Crippen molar-refractivity contribution in [1.29, 1.82) is 0 Å². The minimum absolute atomic E-state index is 0.0144. The summed E-state index contributed by atoms with van der Waals surface area (Å²) in [6.45, 7) is 2.28. The number of phosphoric ester groups is 1. The molecule has 2 N–H and O–H groups in total. The number of phosphoric acid groups is 1. The molecule has 0 fully saturated rings. The van der Waals surface area contributed by atoms with Crippen LogP contribution in [-0.2, 0) is 32.7 Å². The number of allylic oxidation sites excluding steroid dienone is 10. The molecule has 0 saturated heterocycles. The number of quaternary nitrogens is 1. The van der Waals surface area contributed by atoms with Gasteiger partial charge in [-0.25, -0.2) is 4.57 Å².